The van der Waals surface area contributed by atoms with E-state index in [1.807, 2.05) is 0 Å². The second-order valence-electron chi connectivity index (χ2n) is 10.3. The molecular formula is C35H60NO7P. The van der Waals surface area contributed by atoms with Crippen molar-refractivity contribution in [2.24, 2.45) is 5.73 Å². The molecule has 0 aliphatic carbocycles. The number of phosphoric acid groups is 1. The number of ether oxygens (including phenoxy) is 2. The van der Waals surface area contributed by atoms with E-state index >= 15 is 0 Å². The zero-order valence-electron chi connectivity index (χ0n) is 27.4. The van der Waals surface area contributed by atoms with Crippen LogP contribution in [0.3, 0.4) is 0 Å². The molecule has 0 aliphatic heterocycles. The van der Waals surface area contributed by atoms with Crippen molar-refractivity contribution in [3.63, 3.8) is 0 Å². The van der Waals surface area contributed by atoms with Gasteiger partial charge < -0.3 is 20.1 Å². The molecule has 0 aliphatic rings. The van der Waals surface area contributed by atoms with Gasteiger partial charge >= 0.3 is 13.8 Å². The lowest BCUT2D eigenvalue weighted by Crippen LogP contribution is -2.28. The molecule has 0 bridgehead atoms. The molecule has 0 fully saturated rings. The minimum atomic E-state index is -4.26. The molecule has 252 valence electrons. The van der Waals surface area contributed by atoms with Crippen molar-refractivity contribution < 1.29 is 32.8 Å². The molecule has 0 aromatic rings. The van der Waals surface area contributed by atoms with E-state index in [2.05, 4.69) is 86.8 Å². The summed E-state index contributed by atoms with van der Waals surface area (Å²) < 4.78 is 32.7. The lowest BCUT2D eigenvalue weighted by molar-refractivity contribution is -0.154. The van der Waals surface area contributed by atoms with Crippen LogP contribution in [0.25, 0.3) is 0 Å². The van der Waals surface area contributed by atoms with Crippen molar-refractivity contribution in [1.82, 2.24) is 0 Å². The molecule has 44 heavy (non-hydrogen) atoms. The van der Waals surface area contributed by atoms with Gasteiger partial charge in [-0.15, -0.1) is 0 Å². The summed E-state index contributed by atoms with van der Waals surface area (Å²) in [6, 6.07) is 0. The Bertz CT molecular complexity index is 896. The van der Waals surface area contributed by atoms with Crippen molar-refractivity contribution in [3.8, 4) is 0 Å². The SMILES string of the molecule is CC/C=C\C/C=C\C/C=C\C/C=C\C/C=C\C/C=C\CCCCCOCC(COP(=O)(O)OCCN)OC(=O)CCCCC. The zero-order chi connectivity index (χ0) is 32.4. The first-order valence-corrected chi connectivity index (χ1v) is 17.9. The summed E-state index contributed by atoms with van der Waals surface area (Å²) in [4.78, 5) is 21.9. The van der Waals surface area contributed by atoms with Crippen LogP contribution in [0, 0.1) is 0 Å². The second kappa shape index (κ2) is 32.3. The molecule has 0 spiro atoms. The zero-order valence-corrected chi connectivity index (χ0v) is 28.3. The number of rotatable bonds is 30. The third kappa shape index (κ3) is 31.4. The maximum Gasteiger partial charge on any atom is 0.472 e. The second-order valence-corrected chi connectivity index (χ2v) is 11.7. The van der Waals surface area contributed by atoms with E-state index in [0.717, 1.165) is 83.5 Å². The smallest absolute Gasteiger partial charge is 0.457 e. The lowest BCUT2D eigenvalue weighted by atomic mass is 10.2. The standard InChI is InChI=1S/C35H60NO7P/c1-3-5-7-8-9-10-11-12-13-14-15-16-17-18-19-20-21-22-23-24-25-27-30-40-32-34(43-35(37)28-26-6-4-2)33-42-44(38,39)41-31-29-36/h5,7,9-10,12-13,15-16,18-19,21-22,34H,3-4,6,8,11,14,17,20,23-33,36H2,1-2H3,(H,38,39)/b7-5-,10-9-,13-12-,16-15-,19-18-,22-21-. The number of esters is 1. The van der Waals surface area contributed by atoms with Gasteiger partial charge in [0.1, 0.15) is 6.10 Å². The fourth-order valence-electron chi connectivity index (χ4n) is 3.76. The molecule has 0 aromatic carbocycles. The van der Waals surface area contributed by atoms with Crippen LogP contribution in [0.2, 0.25) is 0 Å². The van der Waals surface area contributed by atoms with E-state index in [9.17, 15) is 14.3 Å². The van der Waals surface area contributed by atoms with Crippen molar-refractivity contribution in [1.29, 1.82) is 0 Å². The molecule has 2 atom stereocenters. The van der Waals surface area contributed by atoms with Gasteiger partial charge in [-0.05, 0) is 64.2 Å². The van der Waals surface area contributed by atoms with Crippen molar-refractivity contribution in [2.75, 3.05) is 33.0 Å². The number of hydrogen-bond donors (Lipinski definition) is 2. The third-order valence-corrected chi connectivity index (χ3v) is 7.12. The summed E-state index contributed by atoms with van der Waals surface area (Å²) in [5.74, 6) is -0.373. The molecular weight excluding hydrogens is 577 g/mol. The van der Waals surface area contributed by atoms with Crippen molar-refractivity contribution in [2.45, 2.75) is 110 Å². The van der Waals surface area contributed by atoms with Crippen LogP contribution < -0.4 is 5.73 Å². The Hall–Kier alpha value is -2.06. The lowest BCUT2D eigenvalue weighted by Gasteiger charge is -2.20. The normalized spacial score (nSPS) is 14.7. The first-order chi connectivity index (χ1) is 21.4. The highest BCUT2D eigenvalue weighted by atomic mass is 31.2. The molecule has 9 heteroatoms. The highest BCUT2D eigenvalue weighted by Gasteiger charge is 2.25. The molecule has 0 saturated carbocycles. The summed E-state index contributed by atoms with van der Waals surface area (Å²) >= 11 is 0. The van der Waals surface area contributed by atoms with E-state index < -0.39 is 13.9 Å². The van der Waals surface area contributed by atoms with Crippen molar-refractivity contribution in [3.05, 3.63) is 72.9 Å². The Morgan fingerprint density at radius 1 is 0.705 bits per heavy atom. The third-order valence-electron chi connectivity index (χ3n) is 6.14. The van der Waals surface area contributed by atoms with E-state index in [-0.39, 0.29) is 32.3 Å². The van der Waals surface area contributed by atoms with E-state index in [0.29, 0.717) is 13.0 Å². The van der Waals surface area contributed by atoms with E-state index in [1.54, 1.807) is 0 Å². The minimum Gasteiger partial charge on any atom is -0.457 e. The number of nitrogens with two attached hydrogens (primary N) is 1. The largest absolute Gasteiger partial charge is 0.472 e. The number of carbonyl (C=O) groups is 1. The van der Waals surface area contributed by atoms with Gasteiger partial charge in [-0.3, -0.25) is 13.8 Å². The van der Waals surface area contributed by atoms with Gasteiger partial charge in [0.15, 0.2) is 0 Å². The number of carbonyl (C=O) groups excluding carboxylic acids is 1. The van der Waals surface area contributed by atoms with Crippen molar-refractivity contribution >= 4 is 13.8 Å². The Labute approximate surface area is 267 Å². The van der Waals surface area contributed by atoms with Gasteiger partial charge in [0, 0.05) is 19.6 Å². The van der Waals surface area contributed by atoms with Crippen LogP contribution in [-0.2, 0) is 27.9 Å². The van der Waals surface area contributed by atoms with Crippen LogP contribution in [-0.4, -0.2) is 49.9 Å². The maximum atomic E-state index is 12.1. The van der Waals surface area contributed by atoms with Gasteiger partial charge in [0.25, 0.3) is 0 Å². The van der Waals surface area contributed by atoms with E-state index in [1.165, 1.54) is 0 Å². The highest BCUT2D eigenvalue weighted by molar-refractivity contribution is 7.47. The molecule has 0 aromatic heterocycles. The Balaban J connectivity index is 3.99. The Kier molecular flexibility index (Phi) is 30.8. The summed E-state index contributed by atoms with van der Waals surface area (Å²) in [6.07, 6.45) is 38.6. The van der Waals surface area contributed by atoms with Crippen LogP contribution in [0.1, 0.15) is 104 Å². The number of hydrogen-bond acceptors (Lipinski definition) is 7. The number of unbranched alkanes of at least 4 members (excludes halogenated alkanes) is 5. The Morgan fingerprint density at radius 2 is 1.27 bits per heavy atom. The first kappa shape index (κ1) is 41.9. The van der Waals surface area contributed by atoms with Crippen LogP contribution in [0.15, 0.2) is 72.9 Å². The monoisotopic (exact) mass is 637 g/mol. The Morgan fingerprint density at radius 3 is 1.82 bits per heavy atom. The molecule has 8 nitrogen and oxygen atoms in total. The number of phosphoric ester groups is 1. The van der Waals surface area contributed by atoms with Gasteiger partial charge in [-0.25, -0.2) is 4.57 Å². The fourth-order valence-corrected chi connectivity index (χ4v) is 4.53. The minimum absolute atomic E-state index is 0.0869. The van der Waals surface area contributed by atoms with E-state index in [4.69, 9.17) is 24.3 Å². The predicted octanol–water partition coefficient (Wildman–Crippen LogP) is 8.85. The van der Waals surface area contributed by atoms with Gasteiger partial charge in [-0.1, -0.05) is 106 Å². The summed E-state index contributed by atoms with van der Waals surface area (Å²) in [5, 5.41) is 0. The van der Waals surface area contributed by atoms with Gasteiger partial charge in [0.2, 0.25) is 0 Å². The first-order valence-electron chi connectivity index (χ1n) is 16.4. The van der Waals surface area contributed by atoms with Gasteiger partial charge in [-0.2, -0.15) is 0 Å². The molecule has 3 N–H and O–H groups in total. The fraction of sp³-hybridized carbons (Fsp3) is 0.629. The molecule has 2 unspecified atom stereocenters. The van der Waals surface area contributed by atoms with Crippen LogP contribution >= 0.6 is 7.82 Å². The molecule has 0 rings (SSSR count). The molecule has 0 heterocycles. The molecule has 0 radical (unpaired) electrons. The highest BCUT2D eigenvalue weighted by Crippen LogP contribution is 2.43. The average molecular weight is 638 g/mol. The summed E-state index contributed by atoms with van der Waals surface area (Å²) in [5.41, 5.74) is 5.30. The van der Waals surface area contributed by atoms with Gasteiger partial charge in [0.05, 0.1) is 19.8 Å². The topological polar surface area (TPSA) is 117 Å². The molecule has 0 saturated heterocycles. The summed E-state index contributed by atoms with van der Waals surface area (Å²) in [7, 11) is -4.26. The maximum absolute atomic E-state index is 12.1. The van der Waals surface area contributed by atoms with Crippen LogP contribution in [0.4, 0.5) is 0 Å². The average Bonchev–Trinajstić information content (AvgIpc) is 3.01. The molecule has 0 amide bonds. The number of allylic oxidation sites excluding steroid dienone is 12. The summed E-state index contributed by atoms with van der Waals surface area (Å²) in [6.45, 7) is 4.49. The predicted molar refractivity (Wildman–Crippen MR) is 182 cm³/mol. The quantitative estimate of drug-likeness (QED) is 0.0347. The van der Waals surface area contributed by atoms with Crippen LogP contribution in [0.5, 0.6) is 0 Å².